The highest BCUT2D eigenvalue weighted by Crippen LogP contribution is 2.20. The largest absolute Gasteiger partial charge is 0.355 e. The van der Waals surface area contributed by atoms with Crippen LogP contribution in [0.5, 0.6) is 0 Å². The van der Waals surface area contributed by atoms with Crippen LogP contribution >= 0.6 is 0 Å². The molecule has 1 unspecified atom stereocenters. The zero-order valence-corrected chi connectivity index (χ0v) is 9.80. The van der Waals surface area contributed by atoms with Crippen LogP contribution in [-0.4, -0.2) is 36.1 Å². The second-order valence-electron chi connectivity index (χ2n) is 4.02. The summed E-state index contributed by atoms with van der Waals surface area (Å²) in [4.78, 5) is 26.7. The molecule has 0 radical (unpaired) electrons. The molecule has 0 saturated carbocycles. The number of rotatable bonds is 3. The first-order chi connectivity index (χ1) is 8.31. The van der Waals surface area contributed by atoms with Gasteiger partial charge in [-0.2, -0.15) is 0 Å². The van der Waals surface area contributed by atoms with E-state index in [1.165, 1.54) is 7.11 Å². The summed E-state index contributed by atoms with van der Waals surface area (Å²) in [5.41, 5.74) is 2.39. The topological polar surface area (TPSA) is 67.3 Å². The smallest absolute Gasteiger partial charge is 0.248 e. The summed E-state index contributed by atoms with van der Waals surface area (Å²) in [7, 11) is 1.45. The first kappa shape index (κ1) is 11.8. The van der Waals surface area contributed by atoms with Crippen molar-refractivity contribution in [3.05, 3.63) is 18.6 Å². The van der Waals surface area contributed by atoms with Crippen molar-refractivity contribution < 1.29 is 9.63 Å². The fourth-order valence-corrected chi connectivity index (χ4v) is 2.04. The highest BCUT2D eigenvalue weighted by molar-refractivity contribution is 5.78. The molecule has 1 aliphatic heterocycles. The third kappa shape index (κ3) is 2.91. The molecule has 1 amide bonds. The van der Waals surface area contributed by atoms with E-state index in [0.29, 0.717) is 6.54 Å². The average molecular weight is 236 g/mol. The van der Waals surface area contributed by atoms with Gasteiger partial charge in [0.05, 0.1) is 19.2 Å². The van der Waals surface area contributed by atoms with Gasteiger partial charge in [0.25, 0.3) is 0 Å². The first-order valence-electron chi connectivity index (χ1n) is 5.65. The standard InChI is InChI=1S/C11H16N4O2/c1-17-14-11(16)9-3-2-6-15(8-9)10-7-12-4-5-13-10/h4-5,7,9H,2-3,6,8H2,1H3,(H,14,16). The quantitative estimate of drug-likeness (QED) is 0.768. The van der Waals surface area contributed by atoms with E-state index in [0.717, 1.165) is 25.2 Å². The molecule has 1 aromatic heterocycles. The van der Waals surface area contributed by atoms with Gasteiger partial charge in [-0.3, -0.25) is 14.6 Å². The molecule has 0 aliphatic carbocycles. The van der Waals surface area contributed by atoms with Gasteiger partial charge in [0.1, 0.15) is 5.82 Å². The van der Waals surface area contributed by atoms with Crippen LogP contribution in [0.2, 0.25) is 0 Å². The van der Waals surface area contributed by atoms with Crippen LogP contribution in [0.1, 0.15) is 12.8 Å². The Balaban J connectivity index is 2.00. The van der Waals surface area contributed by atoms with Crippen molar-refractivity contribution in [3.63, 3.8) is 0 Å². The third-order valence-electron chi connectivity index (χ3n) is 2.87. The third-order valence-corrected chi connectivity index (χ3v) is 2.87. The van der Waals surface area contributed by atoms with Crippen molar-refractivity contribution in [2.24, 2.45) is 5.92 Å². The zero-order valence-electron chi connectivity index (χ0n) is 9.80. The Hall–Kier alpha value is -1.69. The molecule has 1 aromatic rings. The second-order valence-corrected chi connectivity index (χ2v) is 4.02. The van der Waals surface area contributed by atoms with Gasteiger partial charge in [0.2, 0.25) is 5.91 Å². The first-order valence-corrected chi connectivity index (χ1v) is 5.65. The molecule has 1 aliphatic rings. The van der Waals surface area contributed by atoms with Gasteiger partial charge >= 0.3 is 0 Å². The number of anilines is 1. The van der Waals surface area contributed by atoms with E-state index in [1.807, 2.05) is 0 Å². The number of nitrogens with zero attached hydrogens (tertiary/aromatic N) is 3. The van der Waals surface area contributed by atoms with E-state index in [2.05, 4.69) is 25.2 Å². The van der Waals surface area contributed by atoms with Crippen LogP contribution in [0, 0.1) is 5.92 Å². The van der Waals surface area contributed by atoms with Gasteiger partial charge in [-0.1, -0.05) is 0 Å². The van der Waals surface area contributed by atoms with Crippen LogP contribution in [0.15, 0.2) is 18.6 Å². The van der Waals surface area contributed by atoms with Crippen molar-refractivity contribution in [2.45, 2.75) is 12.8 Å². The van der Waals surface area contributed by atoms with Crippen LogP contribution in [0.4, 0.5) is 5.82 Å². The zero-order chi connectivity index (χ0) is 12.1. The van der Waals surface area contributed by atoms with E-state index >= 15 is 0 Å². The molecular formula is C11H16N4O2. The molecule has 1 fully saturated rings. The Labute approximate surface area is 100.0 Å². The lowest BCUT2D eigenvalue weighted by Crippen LogP contribution is -2.43. The number of aromatic nitrogens is 2. The fourth-order valence-electron chi connectivity index (χ4n) is 2.04. The summed E-state index contributed by atoms with van der Waals surface area (Å²) < 4.78 is 0. The Kier molecular flexibility index (Phi) is 3.87. The molecule has 6 heteroatoms. The second kappa shape index (κ2) is 5.58. The van der Waals surface area contributed by atoms with Gasteiger partial charge < -0.3 is 4.90 Å². The van der Waals surface area contributed by atoms with Gasteiger partial charge in [-0.25, -0.2) is 10.5 Å². The van der Waals surface area contributed by atoms with E-state index in [-0.39, 0.29) is 11.8 Å². The molecular weight excluding hydrogens is 220 g/mol. The van der Waals surface area contributed by atoms with Crippen molar-refractivity contribution in [1.82, 2.24) is 15.4 Å². The summed E-state index contributed by atoms with van der Waals surface area (Å²) in [6.07, 6.45) is 6.87. The number of amides is 1. The van der Waals surface area contributed by atoms with Gasteiger partial charge in [-0.15, -0.1) is 0 Å². The Morgan fingerprint density at radius 1 is 1.59 bits per heavy atom. The summed E-state index contributed by atoms with van der Waals surface area (Å²) in [6.45, 7) is 1.57. The predicted molar refractivity (Wildman–Crippen MR) is 62.1 cm³/mol. The van der Waals surface area contributed by atoms with Gasteiger partial charge in [0, 0.05) is 25.5 Å². The lowest BCUT2D eigenvalue weighted by Gasteiger charge is -2.32. The molecule has 0 bridgehead atoms. The molecule has 17 heavy (non-hydrogen) atoms. The van der Waals surface area contributed by atoms with Crippen molar-refractivity contribution in [2.75, 3.05) is 25.1 Å². The molecule has 2 rings (SSSR count). The number of hydrogen-bond acceptors (Lipinski definition) is 5. The number of hydrogen-bond donors (Lipinski definition) is 1. The molecule has 92 valence electrons. The van der Waals surface area contributed by atoms with Crippen molar-refractivity contribution >= 4 is 11.7 Å². The minimum absolute atomic E-state index is 0.0503. The minimum atomic E-state index is -0.0684. The van der Waals surface area contributed by atoms with Gasteiger partial charge in [0.15, 0.2) is 0 Å². The van der Waals surface area contributed by atoms with E-state index in [4.69, 9.17) is 0 Å². The molecule has 1 saturated heterocycles. The Bertz CT molecular complexity index is 371. The van der Waals surface area contributed by atoms with E-state index in [1.54, 1.807) is 18.6 Å². The molecule has 0 spiro atoms. The Morgan fingerprint density at radius 2 is 2.47 bits per heavy atom. The maximum Gasteiger partial charge on any atom is 0.248 e. The SMILES string of the molecule is CONC(=O)C1CCCN(c2cnccn2)C1. The van der Waals surface area contributed by atoms with Crippen molar-refractivity contribution in [1.29, 1.82) is 0 Å². The van der Waals surface area contributed by atoms with Crippen LogP contribution in [-0.2, 0) is 9.63 Å². The molecule has 0 aromatic carbocycles. The number of hydroxylamine groups is 1. The van der Waals surface area contributed by atoms with E-state index in [9.17, 15) is 4.79 Å². The molecule has 1 atom stereocenters. The molecule has 1 N–H and O–H groups in total. The predicted octanol–water partition coefficient (Wildman–Crippen LogP) is 0.371. The lowest BCUT2D eigenvalue weighted by molar-refractivity contribution is -0.135. The fraction of sp³-hybridized carbons (Fsp3) is 0.545. The number of carbonyl (C=O) groups is 1. The highest BCUT2D eigenvalue weighted by Gasteiger charge is 2.26. The van der Waals surface area contributed by atoms with E-state index < -0.39 is 0 Å². The number of piperidine rings is 1. The summed E-state index contributed by atoms with van der Waals surface area (Å²) in [6, 6.07) is 0. The van der Waals surface area contributed by atoms with Crippen LogP contribution < -0.4 is 10.4 Å². The normalized spacial score (nSPS) is 20.1. The van der Waals surface area contributed by atoms with Crippen LogP contribution in [0.25, 0.3) is 0 Å². The van der Waals surface area contributed by atoms with Crippen molar-refractivity contribution in [3.8, 4) is 0 Å². The maximum atomic E-state index is 11.7. The maximum absolute atomic E-state index is 11.7. The monoisotopic (exact) mass is 236 g/mol. The van der Waals surface area contributed by atoms with Gasteiger partial charge in [-0.05, 0) is 12.8 Å². The highest BCUT2D eigenvalue weighted by atomic mass is 16.6. The minimum Gasteiger partial charge on any atom is -0.355 e. The Morgan fingerprint density at radius 3 is 3.18 bits per heavy atom. The summed E-state index contributed by atoms with van der Waals surface area (Å²) >= 11 is 0. The molecule has 6 nitrogen and oxygen atoms in total. The average Bonchev–Trinajstić information content (AvgIpc) is 2.40. The number of nitrogens with one attached hydrogen (secondary N) is 1. The lowest BCUT2D eigenvalue weighted by atomic mass is 9.97. The summed E-state index contributed by atoms with van der Waals surface area (Å²) in [5.74, 6) is 0.703. The summed E-state index contributed by atoms with van der Waals surface area (Å²) in [5, 5.41) is 0. The number of carbonyl (C=O) groups excluding carboxylic acids is 1. The van der Waals surface area contributed by atoms with Crippen LogP contribution in [0.3, 0.4) is 0 Å². The molecule has 2 heterocycles.